The molecular weight excluding hydrogens is 341 g/mol. The molecule has 0 amide bonds. The Hall–Kier alpha value is -0.456. The SMILES string of the molecule is CCC1=[C-]CC=C1.CCC1=[C-]CC=C1.CCC1=[C-]CC=C1.[Y+3]. The molecular formula is C21H27Y. The van der Waals surface area contributed by atoms with E-state index in [-0.39, 0.29) is 32.7 Å². The molecule has 22 heavy (non-hydrogen) atoms. The quantitative estimate of drug-likeness (QED) is 0.516. The summed E-state index contributed by atoms with van der Waals surface area (Å²) in [6, 6.07) is 0. The number of hydrogen-bond donors (Lipinski definition) is 0. The smallest absolute Gasteiger partial charge is 0.270 e. The van der Waals surface area contributed by atoms with Gasteiger partial charge in [-0.25, -0.2) is 34.9 Å². The van der Waals surface area contributed by atoms with Gasteiger partial charge in [0.1, 0.15) is 0 Å². The summed E-state index contributed by atoms with van der Waals surface area (Å²) in [5, 5.41) is 0. The van der Waals surface area contributed by atoms with E-state index in [1.165, 1.54) is 16.7 Å². The van der Waals surface area contributed by atoms with Crippen molar-refractivity contribution in [1.82, 2.24) is 0 Å². The fourth-order valence-corrected chi connectivity index (χ4v) is 2.08. The first kappa shape index (κ1) is 21.5. The average Bonchev–Trinajstić information content (AvgIpc) is 3.31. The molecule has 0 spiro atoms. The molecule has 114 valence electrons. The molecule has 0 aromatic heterocycles. The van der Waals surface area contributed by atoms with E-state index in [1.54, 1.807) is 0 Å². The summed E-state index contributed by atoms with van der Waals surface area (Å²) in [6.45, 7) is 6.45. The van der Waals surface area contributed by atoms with Gasteiger partial charge in [0.15, 0.2) is 0 Å². The molecule has 0 N–H and O–H groups in total. The van der Waals surface area contributed by atoms with Crippen LogP contribution in [0.2, 0.25) is 0 Å². The van der Waals surface area contributed by atoms with Crippen molar-refractivity contribution in [3.8, 4) is 0 Å². The normalized spacial score (nSPS) is 16.8. The molecule has 3 aliphatic rings. The largest absolute Gasteiger partial charge is 3.00 e. The molecule has 0 heterocycles. The standard InChI is InChI=1S/3C7H9.Y/c3*1-2-7-5-3-4-6-7;/h3*3,5H,2,4H2,1H3;/q3*-1;+3. The molecule has 0 bridgehead atoms. The average molecular weight is 368 g/mol. The van der Waals surface area contributed by atoms with Crippen LogP contribution in [0.15, 0.2) is 53.2 Å². The molecule has 0 radical (unpaired) electrons. The Morgan fingerprint density at radius 1 is 0.636 bits per heavy atom. The van der Waals surface area contributed by atoms with Crippen molar-refractivity contribution < 1.29 is 32.7 Å². The van der Waals surface area contributed by atoms with Gasteiger partial charge in [-0.05, 0) is 0 Å². The van der Waals surface area contributed by atoms with Crippen LogP contribution < -0.4 is 0 Å². The maximum Gasteiger partial charge on any atom is 3.00 e. The summed E-state index contributed by atoms with van der Waals surface area (Å²) in [7, 11) is 0. The molecule has 0 atom stereocenters. The van der Waals surface area contributed by atoms with Gasteiger partial charge in [0.25, 0.3) is 0 Å². The Bertz CT molecular complexity index is 399. The van der Waals surface area contributed by atoms with Crippen LogP contribution in [-0.4, -0.2) is 0 Å². The number of rotatable bonds is 3. The Kier molecular flexibility index (Phi) is 13.9. The maximum atomic E-state index is 3.21. The minimum absolute atomic E-state index is 0. The van der Waals surface area contributed by atoms with Gasteiger partial charge < -0.3 is 0 Å². The Morgan fingerprint density at radius 2 is 0.909 bits per heavy atom. The Labute approximate surface area is 162 Å². The first-order valence-electron chi connectivity index (χ1n) is 8.08. The van der Waals surface area contributed by atoms with Crippen molar-refractivity contribution in [2.45, 2.75) is 59.3 Å². The summed E-state index contributed by atoms with van der Waals surface area (Å²) >= 11 is 0. The molecule has 0 aromatic carbocycles. The molecule has 0 aromatic rings. The third-order valence-electron chi connectivity index (χ3n) is 3.44. The van der Waals surface area contributed by atoms with Gasteiger partial charge >= 0.3 is 32.7 Å². The molecule has 0 unspecified atom stereocenters. The van der Waals surface area contributed by atoms with Gasteiger partial charge in [-0.1, -0.05) is 40.0 Å². The zero-order valence-electron chi connectivity index (χ0n) is 14.3. The van der Waals surface area contributed by atoms with E-state index in [9.17, 15) is 0 Å². The molecule has 0 saturated heterocycles. The summed E-state index contributed by atoms with van der Waals surface area (Å²) < 4.78 is 0. The fraction of sp³-hybridized carbons (Fsp3) is 0.429. The van der Waals surface area contributed by atoms with Crippen LogP contribution in [0.25, 0.3) is 0 Å². The minimum Gasteiger partial charge on any atom is -0.270 e. The van der Waals surface area contributed by atoms with Gasteiger partial charge in [-0.15, -0.1) is 19.3 Å². The van der Waals surface area contributed by atoms with Crippen LogP contribution in [-0.2, 0) is 32.7 Å². The first-order chi connectivity index (χ1) is 10.3. The predicted octanol–water partition coefficient (Wildman–Crippen LogP) is 6.26. The van der Waals surface area contributed by atoms with Crippen LogP contribution in [0, 0.1) is 18.2 Å². The predicted molar refractivity (Wildman–Crippen MR) is 92.4 cm³/mol. The molecule has 3 rings (SSSR count). The molecule has 0 fully saturated rings. The molecule has 0 nitrogen and oxygen atoms in total. The summed E-state index contributed by atoms with van der Waals surface area (Å²) in [5.41, 5.74) is 4.08. The monoisotopic (exact) mass is 368 g/mol. The van der Waals surface area contributed by atoms with Crippen LogP contribution in [0.3, 0.4) is 0 Å². The van der Waals surface area contributed by atoms with Crippen molar-refractivity contribution >= 4 is 0 Å². The van der Waals surface area contributed by atoms with Gasteiger partial charge in [-0.3, -0.25) is 18.2 Å². The van der Waals surface area contributed by atoms with E-state index >= 15 is 0 Å². The van der Waals surface area contributed by atoms with E-state index in [1.807, 2.05) is 0 Å². The second-order valence-electron chi connectivity index (χ2n) is 4.99. The Morgan fingerprint density at radius 3 is 1.00 bits per heavy atom. The summed E-state index contributed by atoms with van der Waals surface area (Å²) in [4.78, 5) is 0. The van der Waals surface area contributed by atoms with Crippen molar-refractivity contribution in [3.05, 3.63) is 71.4 Å². The van der Waals surface area contributed by atoms with E-state index in [0.717, 1.165) is 38.5 Å². The zero-order chi connectivity index (χ0) is 15.3. The van der Waals surface area contributed by atoms with Gasteiger partial charge in [0.2, 0.25) is 0 Å². The van der Waals surface area contributed by atoms with E-state index in [2.05, 4.69) is 75.5 Å². The molecule has 0 saturated carbocycles. The van der Waals surface area contributed by atoms with E-state index in [0.29, 0.717) is 0 Å². The summed E-state index contributed by atoms with van der Waals surface area (Å²) in [5.74, 6) is 0. The van der Waals surface area contributed by atoms with Crippen molar-refractivity contribution in [3.63, 3.8) is 0 Å². The van der Waals surface area contributed by atoms with Gasteiger partial charge in [0, 0.05) is 0 Å². The first-order valence-corrected chi connectivity index (χ1v) is 8.08. The minimum atomic E-state index is 0. The molecule has 1 heteroatoms. The van der Waals surface area contributed by atoms with Crippen LogP contribution in [0.5, 0.6) is 0 Å². The van der Waals surface area contributed by atoms with Crippen molar-refractivity contribution in [2.24, 2.45) is 0 Å². The van der Waals surface area contributed by atoms with Crippen LogP contribution >= 0.6 is 0 Å². The number of allylic oxidation sites excluding steroid dienone is 12. The third-order valence-corrected chi connectivity index (χ3v) is 3.44. The second kappa shape index (κ2) is 14.2. The number of hydrogen-bond acceptors (Lipinski definition) is 0. The third kappa shape index (κ3) is 9.54. The van der Waals surface area contributed by atoms with E-state index in [4.69, 9.17) is 0 Å². The second-order valence-corrected chi connectivity index (χ2v) is 4.99. The van der Waals surface area contributed by atoms with Crippen molar-refractivity contribution in [2.75, 3.05) is 0 Å². The van der Waals surface area contributed by atoms with Gasteiger partial charge in [0.05, 0.1) is 0 Å². The zero-order valence-corrected chi connectivity index (χ0v) is 17.1. The topological polar surface area (TPSA) is 0 Å². The van der Waals surface area contributed by atoms with Crippen molar-refractivity contribution in [1.29, 1.82) is 0 Å². The summed E-state index contributed by atoms with van der Waals surface area (Å²) in [6.07, 6.45) is 29.0. The molecule has 3 aliphatic carbocycles. The maximum absolute atomic E-state index is 3.21. The fourth-order valence-electron chi connectivity index (χ4n) is 2.08. The Balaban J connectivity index is 0.000000294. The van der Waals surface area contributed by atoms with Crippen LogP contribution in [0.1, 0.15) is 59.3 Å². The van der Waals surface area contributed by atoms with E-state index < -0.39 is 0 Å². The van der Waals surface area contributed by atoms with Gasteiger partial charge in [-0.2, -0.15) is 18.2 Å². The van der Waals surface area contributed by atoms with Crippen LogP contribution in [0.4, 0.5) is 0 Å². The molecule has 0 aliphatic heterocycles.